The molecule has 1 fully saturated rings. The van der Waals surface area contributed by atoms with Crippen LogP contribution in [0.2, 0.25) is 0 Å². The first kappa shape index (κ1) is 51.4. The minimum Gasteiger partial charge on any atom is -0.498 e. The summed E-state index contributed by atoms with van der Waals surface area (Å²) >= 11 is 0. The minimum atomic E-state index is -5.03. The molecule has 0 aliphatic heterocycles. The van der Waals surface area contributed by atoms with Crippen molar-refractivity contribution in [3.63, 3.8) is 0 Å². The molecule has 12 nitrogen and oxygen atoms in total. The summed E-state index contributed by atoms with van der Waals surface area (Å²) in [6.07, 6.45) is 25.8. The number of phosphoric ester groups is 1. The molecule has 1 rings (SSSR count). The van der Waals surface area contributed by atoms with Gasteiger partial charge in [-0.1, -0.05) is 141 Å². The number of allylic oxidation sites excluding steroid dienone is 5. The van der Waals surface area contributed by atoms with Crippen LogP contribution in [0.15, 0.2) is 36.6 Å². The van der Waals surface area contributed by atoms with Gasteiger partial charge in [-0.25, -0.2) is 4.57 Å². The molecule has 6 unspecified atom stereocenters. The minimum absolute atomic E-state index is 0.154. The van der Waals surface area contributed by atoms with Crippen LogP contribution in [0.5, 0.6) is 0 Å². The van der Waals surface area contributed by atoms with Crippen LogP contribution in [-0.4, -0.2) is 92.3 Å². The fourth-order valence-electron chi connectivity index (χ4n) is 6.34. The predicted molar refractivity (Wildman–Crippen MR) is 216 cm³/mol. The fourth-order valence-corrected chi connectivity index (χ4v) is 7.31. The molecule has 0 aromatic carbocycles. The van der Waals surface area contributed by atoms with Crippen LogP contribution in [0.25, 0.3) is 0 Å². The van der Waals surface area contributed by atoms with Crippen molar-refractivity contribution in [1.82, 2.24) is 0 Å². The van der Waals surface area contributed by atoms with Gasteiger partial charge < -0.3 is 39.9 Å². The second-order valence-electron chi connectivity index (χ2n) is 14.9. The van der Waals surface area contributed by atoms with E-state index in [2.05, 4.69) is 38.2 Å². The highest BCUT2D eigenvalue weighted by Crippen LogP contribution is 2.47. The first-order valence-electron chi connectivity index (χ1n) is 21.4. The zero-order chi connectivity index (χ0) is 40.6. The lowest BCUT2D eigenvalue weighted by Gasteiger charge is -2.41. The SMILES string of the molecule is CCCC/C=C\C/C=C\CCCCCCCC(=O)O[C@H](CO/C=C\CCCCCCCCCCCCCC)COP(=O)(O)OC1C(O)C(O)C(O)[C@@H](O)C1O. The van der Waals surface area contributed by atoms with E-state index in [1.165, 1.54) is 83.3 Å². The van der Waals surface area contributed by atoms with Crippen molar-refractivity contribution in [2.75, 3.05) is 13.2 Å². The number of carbonyl (C=O) groups excluding carboxylic acids is 1. The molecule has 0 radical (unpaired) electrons. The molecule has 8 atom stereocenters. The maximum Gasteiger partial charge on any atom is 0.472 e. The Kier molecular flexibility index (Phi) is 31.2. The molecule has 1 aliphatic rings. The molecule has 0 aromatic rings. The lowest BCUT2D eigenvalue weighted by Crippen LogP contribution is -2.64. The third kappa shape index (κ3) is 26.1. The predicted octanol–water partition coefficient (Wildman–Crippen LogP) is 8.26. The number of hydrogen-bond acceptors (Lipinski definition) is 11. The summed E-state index contributed by atoms with van der Waals surface area (Å²) in [4.78, 5) is 23.0. The van der Waals surface area contributed by atoms with Gasteiger partial charge in [0, 0.05) is 6.42 Å². The number of aliphatic hydroxyl groups excluding tert-OH is 5. The van der Waals surface area contributed by atoms with Crippen LogP contribution in [0.1, 0.15) is 168 Å². The summed E-state index contributed by atoms with van der Waals surface area (Å²) < 4.78 is 33.8. The first-order valence-corrected chi connectivity index (χ1v) is 22.9. The maximum absolute atomic E-state index is 12.8. The molecular formula is C42H77O12P. The smallest absolute Gasteiger partial charge is 0.472 e. The van der Waals surface area contributed by atoms with Crippen molar-refractivity contribution in [1.29, 1.82) is 0 Å². The van der Waals surface area contributed by atoms with E-state index in [9.17, 15) is 39.8 Å². The maximum atomic E-state index is 12.8. The van der Waals surface area contributed by atoms with E-state index < -0.39 is 63.1 Å². The number of rotatable bonds is 35. The second-order valence-corrected chi connectivity index (χ2v) is 16.3. The second kappa shape index (κ2) is 33.4. The average molecular weight is 805 g/mol. The van der Waals surface area contributed by atoms with E-state index in [1.807, 2.05) is 6.08 Å². The lowest BCUT2D eigenvalue weighted by atomic mass is 9.85. The van der Waals surface area contributed by atoms with Crippen molar-refractivity contribution >= 4 is 13.8 Å². The van der Waals surface area contributed by atoms with E-state index in [0.29, 0.717) is 6.42 Å². The number of unbranched alkanes of at least 4 members (excludes halogenated alkanes) is 19. The Hall–Kier alpha value is -1.60. The lowest BCUT2D eigenvalue weighted by molar-refractivity contribution is -0.220. The molecular weight excluding hydrogens is 727 g/mol. The molecule has 0 heterocycles. The standard InChI is InChI=1S/C42H77O12P/c1-3-5-7-9-11-13-15-17-19-21-23-25-27-29-31-36(43)53-35(33-51-32-30-28-26-24-22-20-18-16-14-12-10-8-6-4-2)34-52-55(49,50)54-42-40(47)38(45)37(44)39(46)41(42)48/h9,11,15,17,30,32,35,37-42,44-48H,3-8,10,12-14,16,18-29,31,33-34H2,1-2H3,(H,49,50)/b11-9-,17-15-,32-30-/t35-,37?,38-,39?,40?,41?,42?/m1/s1. The Balaban J connectivity index is 2.48. The Labute approximate surface area is 332 Å². The Bertz CT molecular complexity index is 1050. The zero-order valence-electron chi connectivity index (χ0n) is 34.0. The molecule has 0 aromatic heterocycles. The molecule has 13 heteroatoms. The van der Waals surface area contributed by atoms with Gasteiger partial charge >= 0.3 is 13.8 Å². The van der Waals surface area contributed by atoms with Crippen LogP contribution >= 0.6 is 7.82 Å². The molecule has 0 amide bonds. The summed E-state index contributed by atoms with van der Waals surface area (Å²) in [6, 6.07) is 0. The number of hydrogen-bond donors (Lipinski definition) is 6. The number of carbonyl (C=O) groups is 1. The first-order chi connectivity index (χ1) is 26.5. The number of esters is 1. The van der Waals surface area contributed by atoms with E-state index in [-0.39, 0.29) is 13.0 Å². The Morgan fingerprint density at radius 1 is 0.582 bits per heavy atom. The largest absolute Gasteiger partial charge is 0.498 e. The highest BCUT2D eigenvalue weighted by molar-refractivity contribution is 7.47. The van der Waals surface area contributed by atoms with Crippen molar-refractivity contribution < 1.29 is 58.3 Å². The number of phosphoric acid groups is 1. The number of aliphatic hydroxyl groups is 5. The number of ether oxygens (including phenoxy) is 2. The van der Waals surface area contributed by atoms with E-state index in [0.717, 1.165) is 64.2 Å². The Morgan fingerprint density at radius 2 is 1.04 bits per heavy atom. The van der Waals surface area contributed by atoms with Gasteiger partial charge in [-0.15, -0.1) is 0 Å². The van der Waals surface area contributed by atoms with Crippen molar-refractivity contribution in [2.24, 2.45) is 0 Å². The van der Waals surface area contributed by atoms with Gasteiger partial charge in [-0.2, -0.15) is 0 Å². The summed E-state index contributed by atoms with van der Waals surface area (Å²) in [7, 11) is -5.03. The van der Waals surface area contributed by atoms with Gasteiger partial charge in [0.1, 0.15) is 43.2 Å². The van der Waals surface area contributed by atoms with Gasteiger partial charge in [0.15, 0.2) is 6.10 Å². The van der Waals surface area contributed by atoms with Gasteiger partial charge in [0.2, 0.25) is 0 Å². The monoisotopic (exact) mass is 805 g/mol. The highest BCUT2D eigenvalue weighted by atomic mass is 31.2. The quantitative estimate of drug-likeness (QED) is 0.0118. The van der Waals surface area contributed by atoms with Crippen LogP contribution in [-0.2, 0) is 27.9 Å². The van der Waals surface area contributed by atoms with Crippen molar-refractivity contribution in [2.45, 2.75) is 211 Å². The third-order valence-corrected chi connectivity index (χ3v) is 10.8. The average Bonchev–Trinajstić information content (AvgIpc) is 3.17. The van der Waals surface area contributed by atoms with Crippen LogP contribution in [0.3, 0.4) is 0 Å². The van der Waals surface area contributed by atoms with Gasteiger partial charge in [-0.05, 0) is 51.0 Å². The Morgan fingerprint density at radius 3 is 1.58 bits per heavy atom. The van der Waals surface area contributed by atoms with Crippen LogP contribution in [0.4, 0.5) is 0 Å². The fraction of sp³-hybridized carbons (Fsp3) is 0.833. The normalized spacial score (nSPS) is 23.5. The molecule has 6 N–H and O–H groups in total. The summed E-state index contributed by atoms with van der Waals surface area (Å²) in [5.41, 5.74) is 0. The van der Waals surface area contributed by atoms with Gasteiger partial charge in [0.05, 0.1) is 12.9 Å². The van der Waals surface area contributed by atoms with E-state index in [4.69, 9.17) is 18.5 Å². The molecule has 0 bridgehead atoms. The topological polar surface area (TPSA) is 192 Å². The summed E-state index contributed by atoms with van der Waals surface area (Å²) in [5.74, 6) is -0.514. The van der Waals surface area contributed by atoms with Gasteiger partial charge in [-0.3, -0.25) is 13.8 Å². The van der Waals surface area contributed by atoms with E-state index >= 15 is 0 Å². The molecule has 0 spiro atoms. The van der Waals surface area contributed by atoms with Crippen molar-refractivity contribution in [3.05, 3.63) is 36.6 Å². The molecule has 0 saturated heterocycles. The summed E-state index contributed by atoms with van der Waals surface area (Å²) in [5, 5.41) is 50.0. The van der Waals surface area contributed by atoms with Crippen LogP contribution in [0, 0.1) is 0 Å². The van der Waals surface area contributed by atoms with E-state index in [1.54, 1.807) is 0 Å². The third-order valence-electron chi connectivity index (χ3n) is 9.83. The molecule has 55 heavy (non-hydrogen) atoms. The molecule has 1 saturated carbocycles. The molecule has 1 aliphatic carbocycles. The zero-order valence-corrected chi connectivity index (χ0v) is 34.9. The highest BCUT2D eigenvalue weighted by Gasteiger charge is 2.51. The van der Waals surface area contributed by atoms with Crippen molar-refractivity contribution in [3.8, 4) is 0 Å². The van der Waals surface area contributed by atoms with Gasteiger partial charge in [0.25, 0.3) is 0 Å². The van der Waals surface area contributed by atoms with Crippen LogP contribution < -0.4 is 0 Å². The molecule has 322 valence electrons. The summed E-state index contributed by atoms with van der Waals surface area (Å²) in [6.45, 7) is 3.65.